The van der Waals surface area contributed by atoms with Crippen LogP contribution in [0.5, 0.6) is 0 Å². The van der Waals surface area contributed by atoms with Crippen molar-refractivity contribution in [3.05, 3.63) is 39.9 Å². The number of nitrogens with one attached hydrogen (secondary N) is 1. The summed E-state index contributed by atoms with van der Waals surface area (Å²) in [6.45, 7) is 1.95. The number of ether oxygens (including phenoxy) is 1. The van der Waals surface area contributed by atoms with E-state index >= 15 is 0 Å². The summed E-state index contributed by atoms with van der Waals surface area (Å²) in [7, 11) is 1.36. The number of anilines is 2. The van der Waals surface area contributed by atoms with Gasteiger partial charge in [-0.1, -0.05) is 17.7 Å². The number of halogens is 1. The highest BCUT2D eigenvalue weighted by Crippen LogP contribution is 2.25. The van der Waals surface area contributed by atoms with E-state index in [0.717, 1.165) is 16.4 Å². The SMILES string of the molecule is COC(=O)Cc1csc(Nc2ccc(C)c(Cl)c2)n1. The van der Waals surface area contributed by atoms with E-state index in [4.69, 9.17) is 11.6 Å². The smallest absolute Gasteiger partial charge is 0.311 e. The van der Waals surface area contributed by atoms with E-state index in [9.17, 15) is 4.79 Å². The number of carbonyl (C=O) groups excluding carboxylic acids is 1. The third-order valence-electron chi connectivity index (χ3n) is 2.53. The molecule has 0 saturated carbocycles. The third kappa shape index (κ3) is 3.68. The highest BCUT2D eigenvalue weighted by molar-refractivity contribution is 7.13. The van der Waals surface area contributed by atoms with Crippen LogP contribution >= 0.6 is 22.9 Å². The predicted octanol–water partition coefficient (Wildman–Crippen LogP) is 3.56. The summed E-state index contributed by atoms with van der Waals surface area (Å²) < 4.78 is 4.60. The van der Waals surface area contributed by atoms with Crippen LogP contribution in [0.15, 0.2) is 23.6 Å². The van der Waals surface area contributed by atoms with Crippen molar-refractivity contribution in [1.29, 1.82) is 0 Å². The molecule has 6 heteroatoms. The number of methoxy groups -OCH3 is 1. The summed E-state index contributed by atoms with van der Waals surface area (Å²) >= 11 is 7.49. The van der Waals surface area contributed by atoms with Crippen molar-refractivity contribution in [2.45, 2.75) is 13.3 Å². The van der Waals surface area contributed by atoms with E-state index < -0.39 is 0 Å². The van der Waals surface area contributed by atoms with E-state index in [2.05, 4.69) is 15.0 Å². The van der Waals surface area contributed by atoms with Crippen molar-refractivity contribution in [1.82, 2.24) is 4.98 Å². The first kappa shape index (κ1) is 13.8. The summed E-state index contributed by atoms with van der Waals surface area (Å²) in [5, 5.41) is 6.41. The molecule has 0 aliphatic rings. The number of benzene rings is 1. The number of thiazole rings is 1. The van der Waals surface area contributed by atoms with Crippen LogP contribution in [0.25, 0.3) is 0 Å². The molecule has 0 unspecified atom stereocenters. The van der Waals surface area contributed by atoms with Crippen molar-refractivity contribution in [2.75, 3.05) is 12.4 Å². The molecule has 0 amide bonds. The Hall–Kier alpha value is -1.59. The fourth-order valence-electron chi connectivity index (χ4n) is 1.46. The van der Waals surface area contributed by atoms with Crippen molar-refractivity contribution < 1.29 is 9.53 Å². The van der Waals surface area contributed by atoms with Crippen molar-refractivity contribution >= 4 is 39.7 Å². The molecule has 4 nitrogen and oxygen atoms in total. The lowest BCUT2D eigenvalue weighted by Crippen LogP contribution is -2.04. The minimum Gasteiger partial charge on any atom is -0.469 e. The molecular weight excluding hydrogens is 284 g/mol. The van der Waals surface area contributed by atoms with Gasteiger partial charge in [0.15, 0.2) is 5.13 Å². The van der Waals surface area contributed by atoms with Crippen LogP contribution in [0.3, 0.4) is 0 Å². The number of aromatic nitrogens is 1. The second-order valence-electron chi connectivity index (χ2n) is 3.99. The lowest BCUT2D eigenvalue weighted by Gasteiger charge is -2.04. The average molecular weight is 297 g/mol. The van der Waals surface area contributed by atoms with Gasteiger partial charge in [-0.05, 0) is 24.6 Å². The Kier molecular flexibility index (Phi) is 4.39. The Morgan fingerprint density at radius 2 is 2.32 bits per heavy atom. The molecule has 0 spiro atoms. The third-order valence-corrected chi connectivity index (χ3v) is 3.74. The Morgan fingerprint density at radius 3 is 3.00 bits per heavy atom. The number of carbonyl (C=O) groups is 1. The minimum absolute atomic E-state index is 0.184. The highest BCUT2D eigenvalue weighted by Gasteiger charge is 2.08. The summed E-state index contributed by atoms with van der Waals surface area (Å²) in [6.07, 6.45) is 0.184. The number of aryl methyl sites for hydroxylation is 1. The Labute approximate surface area is 120 Å². The molecule has 2 aromatic rings. The molecule has 0 atom stereocenters. The standard InChI is InChI=1S/C13H13ClN2O2S/c1-8-3-4-9(5-11(8)14)15-13-16-10(7-19-13)6-12(17)18-2/h3-5,7H,6H2,1-2H3,(H,15,16). The van der Waals surface area contributed by atoms with Gasteiger partial charge in [-0.2, -0.15) is 0 Å². The first-order chi connectivity index (χ1) is 9.08. The average Bonchev–Trinajstić information content (AvgIpc) is 2.81. The highest BCUT2D eigenvalue weighted by atomic mass is 35.5. The maximum atomic E-state index is 11.1. The largest absolute Gasteiger partial charge is 0.469 e. The number of rotatable bonds is 4. The molecule has 0 saturated heterocycles. The maximum Gasteiger partial charge on any atom is 0.311 e. The Bertz CT molecular complexity index is 598. The van der Waals surface area contributed by atoms with Crippen LogP contribution in [0.2, 0.25) is 5.02 Å². The van der Waals surface area contributed by atoms with Gasteiger partial charge in [0.1, 0.15) is 0 Å². The lowest BCUT2D eigenvalue weighted by atomic mass is 10.2. The Balaban J connectivity index is 2.07. The molecule has 0 bridgehead atoms. The van der Waals surface area contributed by atoms with Crippen LogP contribution < -0.4 is 5.32 Å². The van der Waals surface area contributed by atoms with E-state index in [0.29, 0.717) is 10.7 Å². The normalized spacial score (nSPS) is 10.3. The van der Waals surface area contributed by atoms with Crippen LogP contribution in [-0.2, 0) is 16.0 Å². The van der Waals surface area contributed by atoms with Gasteiger partial charge in [0.2, 0.25) is 0 Å². The number of nitrogens with zero attached hydrogens (tertiary/aromatic N) is 1. The lowest BCUT2D eigenvalue weighted by molar-refractivity contribution is -0.139. The second kappa shape index (κ2) is 6.04. The quantitative estimate of drug-likeness (QED) is 0.877. The predicted molar refractivity (Wildman–Crippen MR) is 77.3 cm³/mol. The summed E-state index contributed by atoms with van der Waals surface area (Å²) in [6, 6.07) is 5.72. The monoisotopic (exact) mass is 296 g/mol. The van der Waals surface area contributed by atoms with Gasteiger partial charge in [-0.25, -0.2) is 4.98 Å². The summed E-state index contributed by atoms with van der Waals surface area (Å²) in [4.78, 5) is 15.4. The van der Waals surface area contributed by atoms with E-state index in [-0.39, 0.29) is 12.4 Å². The molecule has 1 heterocycles. The molecule has 0 radical (unpaired) electrons. The molecule has 2 rings (SSSR count). The molecule has 19 heavy (non-hydrogen) atoms. The van der Waals surface area contributed by atoms with Crippen LogP contribution in [0.1, 0.15) is 11.3 Å². The molecule has 0 fully saturated rings. The fourth-order valence-corrected chi connectivity index (χ4v) is 2.37. The van der Waals surface area contributed by atoms with Gasteiger partial charge in [0, 0.05) is 16.1 Å². The van der Waals surface area contributed by atoms with E-state index in [1.54, 1.807) is 0 Å². The summed E-state index contributed by atoms with van der Waals surface area (Å²) in [5.41, 5.74) is 2.59. The van der Waals surface area contributed by atoms with Gasteiger partial charge in [-0.3, -0.25) is 4.79 Å². The Morgan fingerprint density at radius 1 is 1.53 bits per heavy atom. The number of esters is 1. The fraction of sp³-hybridized carbons (Fsp3) is 0.231. The maximum absolute atomic E-state index is 11.1. The van der Waals surface area contributed by atoms with Crippen LogP contribution in [0.4, 0.5) is 10.8 Å². The topological polar surface area (TPSA) is 51.2 Å². The molecule has 1 aromatic carbocycles. The van der Waals surface area contributed by atoms with E-state index in [1.807, 2.05) is 30.5 Å². The zero-order valence-corrected chi connectivity index (χ0v) is 12.1. The van der Waals surface area contributed by atoms with Gasteiger partial charge < -0.3 is 10.1 Å². The van der Waals surface area contributed by atoms with Crippen molar-refractivity contribution in [3.63, 3.8) is 0 Å². The number of hydrogen-bond donors (Lipinski definition) is 1. The number of hydrogen-bond acceptors (Lipinski definition) is 5. The molecule has 100 valence electrons. The zero-order chi connectivity index (χ0) is 13.8. The molecule has 1 aromatic heterocycles. The summed E-state index contributed by atoms with van der Waals surface area (Å²) in [5.74, 6) is -0.296. The van der Waals surface area contributed by atoms with Crippen LogP contribution in [-0.4, -0.2) is 18.1 Å². The molecular formula is C13H13ClN2O2S. The van der Waals surface area contributed by atoms with E-state index in [1.165, 1.54) is 18.4 Å². The molecule has 0 aliphatic carbocycles. The van der Waals surface area contributed by atoms with Crippen molar-refractivity contribution in [3.8, 4) is 0 Å². The van der Waals surface area contributed by atoms with Crippen molar-refractivity contribution in [2.24, 2.45) is 0 Å². The first-order valence-corrected chi connectivity index (χ1v) is 6.88. The van der Waals surface area contributed by atoms with Crippen LogP contribution in [0, 0.1) is 6.92 Å². The molecule has 1 N–H and O–H groups in total. The molecule has 0 aliphatic heterocycles. The zero-order valence-electron chi connectivity index (χ0n) is 10.6. The van der Waals surface area contributed by atoms with Gasteiger partial charge in [0.25, 0.3) is 0 Å². The minimum atomic E-state index is -0.296. The van der Waals surface area contributed by atoms with Gasteiger partial charge in [0.05, 0.1) is 19.2 Å². The second-order valence-corrected chi connectivity index (χ2v) is 5.25. The van der Waals surface area contributed by atoms with Gasteiger partial charge in [-0.15, -0.1) is 11.3 Å². The first-order valence-electron chi connectivity index (χ1n) is 5.63. The van der Waals surface area contributed by atoms with Gasteiger partial charge >= 0.3 is 5.97 Å².